The number of ether oxygens (including phenoxy) is 2. The van der Waals surface area contributed by atoms with E-state index in [2.05, 4.69) is 69.4 Å². The van der Waals surface area contributed by atoms with E-state index in [1.807, 2.05) is 30.3 Å². The van der Waals surface area contributed by atoms with Crippen LogP contribution >= 0.6 is 0 Å². The number of rotatable bonds is 3. The van der Waals surface area contributed by atoms with Crippen molar-refractivity contribution in [1.29, 1.82) is 0 Å². The summed E-state index contributed by atoms with van der Waals surface area (Å²) in [7, 11) is 1.71. The van der Waals surface area contributed by atoms with Crippen molar-refractivity contribution in [2.45, 2.75) is 39.3 Å². The van der Waals surface area contributed by atoms with Gasteiger partial charge in [-0.05, 0) is 92.4 Å². The molecule has 0 aliphatic carbocycles. The van der Waals surface area contributed by atoms with Crippen LogP contribution in [0.2, 0.25) is 0 Å². The lowest BCUT2D eigenvalue weighted by atomic mass is 9.80. The van der Waals surface area contributed by atoms with Gasteiger partial charge in [-0.1, -0.05) is 24.3 Å². The molecule has 35 heavy (non-hydrogen) atoms. The summed E-state index contributed by atoms with van der Waals surface area (Å²) in [5, 5.41) is 3.71. The molecule has 1 N–H and O–H groups in total. The predicted molar refractivity (Wildman–Crippen MR) is 141 cm³/mol. The molecule has 2 aliphatic rings. The maximum Gasteiger partial charge on any atom is 0.150 e. The smallest absolute Gasteiger partial charge is 0.150 e. The molecule has 0 saturated heterocycles. The average molecular weight is 464 g/mol. The van der Waals surface area contributed by atoms with E-state index in [-0.39, 0.29) is 11.6 Å². The highest BCUT2D eigenvalue weighted by atomic mass is 16.5. The van der Waals surface area contributed by atoms with Crippen LogP contribution in [0.3, 0.4) is 0 Å². The summed E-state index contributed by atoms with van der Waals surface area (Å²) >= 11 is 0. The quantitative estimate of drug-likeness (QED) is 0.334. The Balaban J connectivity index is 1.63. The predicted octanol–water partition coefficient (Wildman–Crippen LogP) is 8.02. The maximum atomic E-state index is 6.82. The Morgan fingerprint density at radius 2 is 1.80 bits per heavy atom. The van der Waals surface area contributed by atoms with Crippen molar-refractivity contribution in [3.8, 4) is 33.9 Å². The van der Waals surface area contributed by atoms with Crippen LogP contribution in [0.15, 0.2) is 77.4 Å². The van der Waals surface area contributed by atoms with Crippen LogP contribution < -0.4 is 14.8 Å². The van der Waals surface area contributed by atoms with Gasteiger partial charge in [0.25, 0.3) is 0 Å². The highest BCUT2D eigenvalue weighted by Gasteiger charge is 2.36. The molecule has 0 radical (unpaired) electrons. The lowest BCUT2D eigenvalue weighted by molar-refractivity contribution is 0.241. The summed E-state index contributed by atoms with van der Waals surface area (Å²) in [6.07, 6.45) is 3.73. The van der Waals surface area contributed by atoms with E-state index in [1.165, 1.54) is 11.1 Å². The Morgan fingerprint density at radius 3 is 2.57 bits per heavy atom. The summed E-state index contributed by atoms with van der Waals surface area (Å²) in [6.45, 7) is 8.70. The van der Waals surface area contributed by atoms with Crippen LogP contribution in [-0.4, -0.2) is 12.6 Å². The van der Waals surface area contributed by atoms with Gasteiger partial charge in [-0.3, -0.25) is 0 Å². The molecule has 1 aromatic heterocycles. The van der Waals surface area contributed by atoms with Gasteiger partial charge < -0.3 is 19.2 Å². The van der Waals surface area contributed by atoms with Gasteiger partial charge in [-0.2, -0.15) is 0 Å². The van der Waals surface area contributed by atoms with Crippen molar-refractivity contribution in [3.63, 3.8) is 0 Å². The zero-order chi connectivity index (χ0) is 24.3. The van der Waals surface area contributed by atoms with E-state index in [0.29, 0.717) is 0 Å². The van der Waals surface area contributed by atoms with Gasteiger partial charge in [0.2, 0.25) is 0 Å². The lowest BCUT2D eigenvalue weighted by Gasteiger charge is -2.37. The highest BCUT2D eigenvalue weighted by Crippen LogP contribution is 2.53. The number of nitrogens with one attached hydrogen (secondary N) is 1. The first-order valence-corrected chi connectivity index (χ1v) is 12.0. The second-order valence-electron chi connectivity index (χ2n) is 10.1. The van der Waals surface area contributed by atoms with Crippen molar-refractivity contribution < 1.29 is 13.9 Å². The number of hydrogen-bond donors (Lipinski definition) is 1. The number of furan rings is 1. The molecule has 4 nitrogen and oxygen atoms in total. The number of fused-ring (bicyclic) bond motifs is 5. The Morgan fingerprint density at radius 1 is 0.943 bits per heavy atom. The Labute approximate surface area is 206 Å². The molecular weight excluding hydrogens is 434 g/mol. The Kier molecular flexibility index (Phi) is 4.82. The molecule has 2 aliphatic heterocycles. The Bertz CT molecular complexity index is 1480. The molecule has 0 bridgehead atoms. The first-order valence-electron chi connectivity index (χ1n) is 12.0. The van der Waals surface area contributed by atoms with Gasteiger partial charge in [0, 0.05) is 22.4 Å². The number of methoxy groups -OCH3 is 1. The summed E-state index contributed by atoms with van der Waals surface area (Å²) in [6, 6.07) is 20.9. The number of hydrogen-bond acceptors (Lipinski definition) is 4. The first kappa shape index (κ1) is 21.6. The van der Waals surface area contributed by atoms with Crippen LogP contribution in [0.1, 0.15) is 49.1 Å². The van der Waals surface area contributed by atoms with Gasteiger partial charge in [0.05, 0.1) is 24.5 Å². The molecule has 176 valence electrons. The van der Waals surface area contributed by atoms with E-state index in [0.717, 1.165) is 56.3 Å². The summed E-state index contributed by atoms with van der Waals surface area (Å²) in [4.78, 5) is 0. The summed E-state index contributed by atoms with van der Waals surface area (Å²) in [5.74, 6) is 2.49. The second kappa shape index (κ2) is 7.81. The van der Waals surface area contributed by atoms with Crippen LogP contribution in [0, 0.1) is 6.92 Å². The molecule has 4 aromatic rings. The first-order chi connectivity index (χ1) is 16.8. The van der Waals surface area contributed by atoms with Crippen molar-refractivity contribution in [2.24, 2.45) is 0 Å². The van der Waals surface area contributed by atoms with Crippen LogP contribution in [0.25, 0.3) is 28.0 Å². The zero-order valence-corrected chi connectivity index (χ0v) is 20.7. The molecule has 3 aromatic carbocycles. The molecule has 0 fully saturated rings. The Hall–Kier alpha value is -3.92. The molecule has 1 atom stereocenters. The van der Waals surface area contributed by atoms with E-state index in [1.54, 1.807) is 13.4 Å². The second-order valence-corrected chi connectivity index (χ2v) is 10.1. The molecule has 0 saturated carbocycles. The largest absolute Gasteiger partial charge is 0.496 e. The highest BCUT2D eigenvalue weighted by molar-refractivity contribution is 5.92. The minimum absolute atomic E-state index is 0.123. The van der Waals surface area contributed by atoms with Crippen molar-refractivity contribution in [1.82, 2.24) is 0 Å². The maximum absolute atomic E-state index is 6.82. The van der Waals surface area contributed by atoms with Gasteiger partial charge in [0.1, 0.15) is 17.3 Å². The van der Waals surface area contributed by atoms with E-state index in [9.17, 15) is 0 Å². The SMILES string of the molecule is COc1cccc2c1-c1ccc3c(c1C(c1cc(C)cc(-c4ccco4)c1)O2)C(C)=CC(C)(C)N3. The fraction of sp³-hybridized carbons (Fsp3) is 0.226. The van der Waals surface area contributed by atoms with E-state index >= 15 is 0 Å². The van der Waals surface area contributed by atoms with Crippen molar-refractivity contribution in [2.75, 3.05) is 12.4 Å². The minimum atomic E-state index is -0.278. The molecule has 4 heteroatoms. The molecule has 3 heterocycles. The lowest BCUT2D eigenvalue weighted by Crippen LogP contribution is -2.32. The summed E-state index contributed by atoms with van der Waals surface area (Å²) < 4.78 is 18.3. The minimum Gasteiger partial charge on any atom is -0.496 e. The molecule has 6 rings (SSSR count). The van der Waals surface area contributed by atoms with Crippen molar-refractivity contribution in [3.05, 3.63) is 95.3 Å². The van der Waals surface area contributed by atoms with Gasteiger partial charge in [0.15, 0.2) is 6.10 Å². The van der Waals surface area contributed by atoms with Crippen LogP contribution in [0.4, 0.5) is 5.69 Å². The fourth-order valence-electron chi connectivity index (χ4n) is 5.65. The third kappa shape index (κ3) is 3.52. The summed E-state index contributed by atoms with van der Waals surface area (Å²) in [5.41, 5.74) is 10.0. The van der Waals surface area contributed by atoms with Crippen LogP contribution in [-0.2, 0) is 0 Å². The van der Waals surface area contributed by atoms with Gasteiger partial charge in [-0.15, -0.1) is 0 Å². The third-order valence-electron chi connectivity index (χ3n) is 6.87. The average Bonchev–Trinajstić information content (AvgIpc) is 3.36. The van der Waals surface area contributed by atoms with Crippen LogP contribution in [0.5, 0.6) is 11.5 Å². The van der Waals surface area contributed by atoms with Gasteiger partial charge in [-0.25, -0.2) is 0 Å². The topological polar surface area (TPSA) is 43.6 Å². The van der Waals surface area contributed by atoms with Gasteiger partial charge >= 0.3 is 0 Å². The fourth-order valence-corrected chi connectivity index (χ4v) is 5.65. The monoisotopic (exact) mass is 463 g/mol. The molecule has 0 amide bonds. The molecule has 1 unspecified atom stereocenters. The third-order valence-corrected chi connectivity index (χ3v) is 6.87. The number of anilines is 1. The van der Waals surface area contributed by atoms with E-state index < -0.39 is 0 Å². The van der Waals surface area contributed by atoms with E-state index in [4.69, 9.17) is 13.9 Å². The molecule has 0 spiro atoms. The number of benzene rings is 3. The number of allylic oxidation sites excluding steroid dienone is 1. The van der Waals surface area contributed by atoms with Crippen molar-refractivity contribution >= 4 is 11.3 Å². The zero-order valence-electron chi connectivity index (χ0n) is 20.7. The standard InChI is InChI=1S/C31H29NO3/c1-18-14-20(24-10-7-13-34-24)16-21(15-18)30-29-22(28-25(33-5)8-6-9-26(28)35-30)11-12-23-27(29)19(2)17-31(3,4)32-23/h6-17,30,32H,1-5H3. The molecular formula is C31H29NO3. The number of aryl methyl sites for hydroxylation is 1. The normalized spacial score (nSPS) is 17.3.